The van der Waals surface area contributed by atoms with Gasteiger partial charge in [0.25, 0.3) is 0 Å². The second kappa shape index (κ2) is 6.09. The van der Waals surface area contributed by atoms with Gasteiger partial charge >= 0.3 is 11.9 Å². The topological polar surface area (TPSA) is 64.6 Å². The molecule has 0 heterocycles. The number of carbonyl (C=O) groups excluding carboxylic acids is 2. The van der Waals surface area contributed by atoms with Crippen LogP contribution >= 0.6 is 0 Å². The molecule has 0 spiro atoms. The zero-order chi connectivity index (χ0) is 15.4. The van der Waals surface area contributed by atoms with E-state index in [0.29, 0.717) is 28.0 Å². The number of rotatable bonds is 4. The largest absolute Gasteiger partial charge is 0.426 e. The van der Waals surface area contributed by atoms with Crippen LogP contribution in [0.25, 0.3) is 10.8 Å². The molecule has 0 aliphatic heterocycles. The van der Waals surface area contributed by atoms with Gasteiger partial charge in [-0.25, -0.2) is 4.79 Å². The number of benzene rings is 2. The predicted molar refractivity (Wildman–Crippen MR) is 80.6 cm³/mol. The maximum absolute atomic E-state index is 11.5. The summed E-state index contributed by atoms with van der Waals surface area (Å²) in [5.74, 6) is -0.204. The van der Waals surface area contributed by atoms with Crippen LogP contribution in [0.1, 0.15) is 6.92 Å². The van der Waals surface area contributed by atoms with Gasteiger partial charge in [-0.15, -0.1) is 0 Å². The van der Waals surface area contributed by atoms with Crippen molar-refractivity contribution in [3.63, 3.8) is 0 Å². The number of carbonyl (C=O) groups is 2. The first-order chi connectivity index (χ1) is 10.1. The first-order valence-corrected chi connectivity index (χ1v) is 6.33. The summed E-state index contributed by atoms with van der Waals surface area (Å²) in [6.45, 7) is 4.72. The Hall–Kier alpha value is -2.82. The van der Waals surface area contributed by atoms with Gasteiger partial charge in [-0.05, 0) is 0 Å². The van der Waals surface area contributed by atoms with E-state index in [1.807, 2.05) is 12.1 Å². The van der Waals surface area contributed by atoms with Crippen LogP contribution in [0.5, 0.6) is 11.5 Å². The lowest BCUT2D eigenvalue weighted by Gasteiger charge is -2.15. The molecule has 0 bridgehead atoms. The number of esters is 2. The molecule has 2 rings (SSSR count). The molecule has 0 saturated heterocycles. The minimum absolute atomic E-state index is 0.369. The van der Waals surface area contributed by atoms with Gasteiger partial charge in [-0.3, -0.25) is 4.79 Å². The summed E-state index contributed by atoms with van der Waals surface area (Å²) in [6, 6.07) is 8.82. The third-order valence-electron chi connectivity index (χ3n) is 2.85. The lowest BCUT2D eigenvalue weighted by molar-refractivity contribution is -0.132. The molecule has 0 aromatic heterocycles. The van der Waals surface area contributed by atoms with Gasteiger partial charge in [0.15, 0.2) is 5.75 Å². The normalized spacial score (nSPS) is 10.0. The third-order valence-corrected chi connectivity index (χ3v) is 2.85. The molecule has 2 aromatic rings. The molecule has 0 fully saturated rings. The molecule has 0 unspecified atom stereocenters. The fourth-order valence-corrected chi connectivity index (χ4v) is 1.99. The average molecular weight is 285 g/mol. The average Bonchev–Trinajstić information content (AvgIpc) is 2.48. The van der Waals surface area contributed by atoms with E-state index in [-0.39, 0.29) is 0 Å². The molecule has 2 aromatic carbocycles. The van der Waals surface area contributed by atoms with Gasteiger partial charge in [0.1, 0.15) is 5.75 Å². The molecule has 5 heteroatoms. The first-order valence-electron chi connectivity index (χ1n) is 6.33. The van der Waals surface area contributed by atoms with E-state index in [1.165, 1.54) is 6.92 Å². The van der Waals surface area contributed by atoms with Crippen molar-refractivity contribution in [1.82, 2.24) is 0 Å². The number of anilines is 1. The van der Waals surface area contributed by atoms with Crippen molar-refractivity contribution < 1.29 is 19.1 Å². The lowest BCUT2D eigenvalue weighted by Crippen LogP contribution is -2.08. The Morgan fingerprint density at radius 3 is 2.43 bits per heavy atom. The summed E-state index contributed by atoms with van der Waals surface area (Å²) in [4.78, 5) is 22.7. The van der Waals surface area contributed by atoms with Gasteiger partial charge in [0, 0.05) is 36.9 Å². The van der Waals surface area contributed by atoms with Crippen LogP contribution < -0.4 is 14.8 Å². The summed E-state index contributed by atoms with van der Waals surface area (Å²) < 4.78 is 10.5. The molecular weight excluding hydrogens is 270 g/mol. The Morgan fingerprint density at radius 2 is 1.86 bits per heavy atom. The Balaban J connectivity index is 2.70. The Bertz CT molecular complexity index is 722. The van der Waals surface area contributed by atoms with Gasteiger partial charge in [-0.2, -0.15) is 0 Å². The summed E-state index contributed by atoms with van der Waals surface area (Å²) in [5, 5.41) is 4.27. The van der Waals surface area contributed by atoms with Crippen LogP contribution in [-0.2, 0) is 9.59 Å². The summed E-state index contributed by atoms with van der Waals surface area (Å²) >= 11 is 0. The highest BCUT2D eigenvalue weighted by atomic mass is 16.5. The molecule has 0 aliphatic rings. The minimum Gasteiger partial charge on any atom is -0.426 e. The maximum atomic E-state index is 11.5. The van der Waals surface area contributed by atoms with Gasteiger partial charge in [0.2, 0.25) is 0 Å². The molecule has 108 valence electrons. The van der Waals surface area contributed by atoms with Crippen LogP contribution in [0.4, 0.5) is 5.69 Å². The zero-order valence-corrected chi connectivity index (χ0v) is 11.8. The Morgan fingerprint density at radius 1 is 1.19 bits per heavy atom. The van der Waals surface area contributed by atoms with E-state index in [0.717, 1.165) is 6.08 Å². The number of nitrogens with one attached hydrogen (secondary N) is 1. The first kappa shape index (κ1) is 14.6. The van der Waals surface area contributed by atoms with E-state index < -0.39 is 11.9 Å². The number of hydrogen-bond acceptors (Lipinski definition) is 5. The second-order valence-corrected chi connectivity index (χ2v) is 4.27. The van der Waals surface area contributed by atoms with Crippen molar-refractivity contribution in [2.24, 2.45) is 0 Å². The molecule has 0 atom stereocenters. The molecule has 5 nitrogen and oxygen atoms in total. The number of ether oxygens (including phenoxy) is 2. The highest BCUT2D eigenvalue weighted by Gasteiger charge is 2.16. The predicted octanol–water partition coefficient (Wildman–Crippen LogP) is 2.90. The molecule has 0 radical (unpaired) electrons. The van der Waals surface area contributed by atoms with Crippen molar-refractivity contribution in [3.8, 4) is 11.5 Å². The number of fused-ring (bicyclic) bond motifs is 1. The van der Waals surface area contributed by atoms with Crippen molar-refractivity contribution in [2.45, 2.75) is 6.92 Å². The third kappa shape index (κ3) is 3.02. The van der Waals surface area contributed by atoms with E-state index in [4.69, 9.17) is 9.47 Å². The van der Waals surface area contributed by atoms with Crippen LogP contribution in [0.2, 0.25) is 0 Å². The van der Waals surface area contributed by atoms with Gasteiger partial charge < -0.3 is 14.8 Å². The van der Waals surface area contributed by atoms with E-state index >= 15 is 0 Å². The van der Waals surface area contributed by atoms with Crippen molar-refractivity contribution in [1.29, 1.82) is 0 Å². The molecule has 0 amide bonds. The van der Waals surface area contributed by atoms with E-state index in [1.54, 1.807) is 25.2 Å². The van der Waals surface area contributed by atoms with Gasteiger partial charge in [-0.1, -0.05) is 30.8 Å². The fraction of sp³-hybridized carbons (Fsp3) is 0.125. The molecule has 1 N–H and O–H groups in total. The van der Waals surface area contributed by atoms with Crippen LogP contribution in [0.15, 0.2) is 43.0 Å². The van der Waals surface area contributed by atoms with Crippen molar-refractivity contribution >= 4 is 28.4 Å². The minimum atomic E-state index is -0.558. The fourth-order valence-electron chi connectivity index (χ4n) is 1.99. The summed E-state index contributed by atoms with van der Waals surface area (Å²) in [6.07, 6.45) is 1.09. The van der Waals surface area contributed by atoms with Crippen LogP contribution in [0, 0.1) is 0 Å². The molecule has 0 saturated carbocycles. The summed E-state index contributed by atoms with van der Waals surface area (Å²) in [5.41, 5.74) is 0.542. The second-order valence-electron chi connectivity index (χ2n) is 4.27. The van der Waals surface area contributed by atoms with Crippen molar-refractivity contribution in [3.05, 3.63) is 43.0 Å². The van der Waals surface area contributed by atoms with Crippen LogP contribution in [0.3, 0.4) is 0 Å². The Labute approximate surface area is 122 Å². The zero-order valence-electron chi connectivity index (χ0n) is 11.8. The Kier molecular flexibility index (Phi) is 4.23. The summed E-state index contributed by atoms with van der Waals surface area (Å²) in [7, 11) is 1.69. The van der Waals surface area contributed by atoms with Crippen LogP contribution in [-0.4, -0.2) is 19.0 Å². The van der Waals surface area contributed by atoms with E-state index in [9.17, 15) is 9.59 Å². The highest BCUT2D eigenvalue weighted by molar-refractivity contribution is 6.01. The quantitative estimate of drug-likeness (QED) is 0.531. The standard InChI is InChI=1S/C16H15NO4/c1-4-15(19)21-16-12-8-6-5-7-11(12)14(20-10(2)18)9-13(16)17-3/h4-9,17H,1H2,2-3H3. The highest BCUT2D eigenvalue weighted by Crippen LogP contribution is 2.40. The maximum Gasteiger partial charge on any atom is 0.335 e. The lowest BCUT2D eigenvalue weighted by atomic mass is 10.1. The molecule has 21 heavy (non-hydrogen) atoms. The van der Waals surface area contributed by atoms with Gasteiger partial charge in [0.05, 0.1) is 5.69 Å². The van der Waals surface area contributed by atoms with Crippen molar-refractivity contribution in [2.75, 3.05) is 12.4 Å². The number of hydrogen-bond donors (Lipinski definition) is 1. The van der Waals surface area contributed by atoms with E-state index in [2.05, 4.69) is 11.9 Å². The SMILES string of the molecule is C=CC(=O)Oc1c(NC)cc(OC(C)=O)c2ccccc12. The monoisotopic (exact) mass is 285 g/mol. The smallest absolute Gasteiger partial charge is 0.335 e. The molecule has 0 aliphatic carbocycles. The molecular formula is C16H15NO4.